The Balaban J connectivity index is 1.28. The lowest BCUT2D eigenvalue weighted by Gasteiger charge is -2.25. The zero-order chi connectivity index (χ0) is 31.1. The van der Waals surface area contributed by atoms with E-state index < -0.39 is 0 Å². The highest BCUT2D eigenvalue weighted by molar-refractivity contribution is 7.31. The van der Waals surface area contributed by atoms with Crippen molar-refractivity contribution in [3.8, 4) is 32.3 Å². The molecule has 0 aliphatic rings. The number of benzene rings is 3. The highest BCUT2D eigenvalue weighted by Crippen LogP contribution is 2.48. The van der Waals surface area contributed by atoms with Gasteiger partial charge >= 0.3 is 0 Å². The number of para-hydroxylation sites is 2. The SMILES string of the molecule is CC(C)(C)n1c2cc(-c3ccc(N(c4ccccc4)c4ccccc4)cc3)sc2c2sc(-c3ccc(C=C(C#N)C#N)s3)cc21. The van der Waals surface area contributed by atoms with Gasteiger partial charge in [0.25, 0.3) is 0 Å². The number of fused-ring (bicyclic) bond motifs is 3. The number of nitrogens with zero attached hydrogens (tertiary/aromatic N) is 4. The lowest BCUT2D eigenvalue weighted by Crippen LogP contribution is -2.20. The fourth-order valence-electron chi connectivity index (χ4n) is 5.71. The van der Waals surface area contributed by atoms with E-state index in [1.54, 1.807) is 17.4 Å². The number of thiophene rings is 3. The van der Waals surface area contributed by atoms with E-state index in [1.807, 2.05) is 53.0 Å². The summed E-state index contributed by atoms with van der Waals surface area (Å²) in [5, 5.41) is 18.3. The van der Waals surface area contributed by atoms with E-state index in [4.69, 9.17) is 10.5 Å². The average molecular weight is 637 g/mol. The molecule has 7 aromatic rings. The molecular weight excluding hydrogens is 609 g/mol. The normalized spacial score (nSPS) is 11.4. The Morgan fingerprint density at radius 1 is 0.644 bits per heavy atom. The maximum Gasteiger partial charge on any atom is 0.131 e. The summed E-state index contributed by atoms with van der Waals surface area (Å²) < 4.78 is 5.07. The fourth-order valence-corrected chi connectivity index (χ4v) is 9.18. The van der Waals surface area contributed by atoms with Crippen molar-refractivity contribution in [1.82, 2.24) is 4.57 Å². The summed E-state index contributed by atoms with van der Waals surface area (Å²) in [6, 6.07) is 42.5. The van der Waals surface area contributed by atoms with Gasteiger partial charge in [-0.3, -0.25) is 0 Å². The van der Waals surface area contributed by atoms with Crippen LogP contribution in [0.3, 0.4) is 0 Å². The van der Waals surface area contributed by atoms with Crippen LogP contribution in [0.5, 0.6) is 0 Å². The maximum atomic E-state index is 9.16. The van der Waals surface area contributed by atoms with E-state index >= 15 is 0 Å². The molecule has 0 saturated heterocycles. The third-order valence-electron chi connectivity index (χ3n) is 7.62. The smallest absolute Gasteiger partial charge is 0.131 e. The van der Waals surface area contributed by atoms with Crippen LogP contribution in [0.15, 0.2) is 115 Å². The second-order valence-corrected chi connectivity index (χ2v) is 14.9. The summed E-state index contributed by atoms with van der Waals surface area (Å²) in [6.45, 7) is 6.78. The standard InChI is InChI=1S/C38H28N4S3/c1-38(2,3)42-31-21-34(26-14-16-29(17-15-26)41(27-10-6-4-7-11-27)28-12-8-5-9-13-28)44-36(31)37-32(42)22-35(45-37)33-19-18-30(43-33)20-25(23-39)24-40/h4-22H,1-3H3. The molecule has 0 radical (unpaired) electrons. The predicted molar refractivity (Wildman–Crippen MR) is 193 cm³/mol. The van der Waals surface area contributed by atoms with E-state index in [2.05, 4.69) is 121 Å². The molecule has 0 aliphatic heterocycles. The first-order chi connectivity index (χ1) is 21.8. The molecule has 4 heterocycles. The van der Waals surface area contributed by atoms with Gasteiger partial charge in [0.2, 0.25) is 0 Å². The zero-order valence-corrected chi connectivity index (χ0v) is 27.4. The molecule has 0 N–H and O–H groups in total. The molecule has 4 nitrogen and oxygen atoms in total. The highest BCUT2D eigenvalue weighted by atomic mass is 32.1. The number of allylic oxidation sites excluding steroid dienone is 1. The average Bonchev–Trinajstić information content (AvgIpc) is 3.83. The molecule has 4 aromatic heterocycles. The van der Waals surface area contributed by atoms with Crippen molar-refractivity contribution >= 4 is 77.6 Å². The summed E-state index contributed by atoms with van der Waals surface area (Å²) >= 11 is 5.27. The van der Waals surface area contributed by atoms with Crippen molar-refractivity contribution in [2.24, 2.45) is 0 Å². The Hall–Kier alpha value is -4.92. The van der Waals surface area contributed by atoms with Gasteiger partial charge in [-0.2, -0.15) is 10.5 Å². The largest absolute Gasteiger partial charge is 0.334 e. The molecular formula is C38H28N4S3. The minimum atomic E-state index is -0.107. The van der Waals surface area contributed by atoms with Crippen molar-refractivity contribution in [3.63, 3.8) is 0 Å². The van der Waals surface area contributed by atoms with E-state index in [9.17, 15) is 0 Å². The zero-order valence-electron chi connectivity index (χ0n) is 25.0. The third kappa shape index (κ3) is 5.36. The lowest BCUT2D eigenvalue weighted by atomic mass is 10.1. The van der Waals surface area contributed by atoms with Gasteiger partial charge in [-0.15, -0.1) is 34.0 Å². The monoisotopic (exact) mass is 636 g/mol. The van der Waals surface area contributed by atoms with Crippen LogP contribution in [0.1, 0.15) is 25.6 Å². The highest BCUT2D eigenvalue weighted by Gasteiger charge is 2.25. The molecule has 0 spiro atoms. The van der Waals surface area contributed by atoms with Gasteiger partial charge in [0.15, 0.2) is 0 Å². The van der Waals surface area contributed by atoms with Crippen molar-refractivity contribution in [1.29, 1.82) is 10.5 Å². The summed E-state index contributed by atoms with van der Waals surface area (Å²) in [7, 11) is 0. The van der Waals surface area contributed by atoms with Gasteiger partial charge in [0.1, 0.15) is 17.7 Å². The number of anilines is 3. The fraction of sp³-hybridized carbons (Fsp3) is 0.105. The summed E-state index contributed by atoms with van der Waals surface area (Å²) in [5.74, 6) is 0. The number of aromatic nitrogens is 1. The Morgan fingerprint density at radius 2 is 1.18 bits per heavy atom. The quantitative estimate of drug-likeness (QED) is 0.171. The van der Waals surface area contributed by atoms with Crippen molar-refractivity contribution in [3.05, 3.63) is 120 Å². The first-order valence-corrected chi connectivity index (χ1v) is 17.0. The number of hydrogen-bond donors (Lipinski definition) is 0. The van der Waals surface area contributed by atoms with Crippen LogP contribution in [0.2, 0.25) is 0 Å². The van der Waals surface area contributed by atoms with Crippen LogP contribution in [-0.2, 0) is 5.54 Å². The molecule has 0 unspecified atom stereocenters. The molecule has 45 heavy (non-hydrogen) atoms. The van der Waals surface area contributed by atoms with Gasteiger partial charge in [-0.1, -0.05) is 48.5 Å². The molecule has 0 aliphatic carbocycles. The second kappa shape index (κ2) is 11.5. The minimum Gasteiger partial charge on any atom is -0.334 e. The Kier molecular flexibility index (Phi) is 7.39. The van der Waals surface area contributed by atoms with Crippen molar-refractivity contribution < 1.29 is 0 Å². The summed E-state index contributed by atoms with van der Waals surface area (Å²) in [4.78, 5) is 6.77. The van der Waals surface area contributed by atoms with Gasteiger partial charge < -0.3 is 9.47 Å². The van der Waals surface area contributed by atoms with E-state index in [-0.39, 0.29) is 11.1 Å². The Morgan fingerprint density at radius 3 is 1.73 bits per heavy atom. The Labute approximate surface area is 274 Å². The molecule has 7 rings (SSSR count). The molecule has 0 fully saturated rings. The molecule has 0 saturated carbocycles. The molecule has 0 atom stereocenters. The minimum absolute atomic E-state index is 0.107. The van der Waals surface area contributed by atoms with Gasteiger partial charge in [0.05, 0.1) is 20.4 Å². The molecule has 0 amide bonds. The van der Waals surface area contributed by atoms with Crippen LogP contribution in [0.4, 0.5) is 17.1 Å². The predicted octanol–water partition coefficient (Wildman–Crippen LogP) is 12.0. The van der Waals surface area contributed by atoms with Gasteiger partial charge in [0, 0.05) is 42.1 Å². The molecule has 218 valence electrons. The van der Waals surface area contributed by atoms with E-state index in [0.29, 0.717) is 0 Å². The number of rotatable bonds is 6. The summed E-state index contributed by atoms with van der Waals surface area (Å²) in [6.07, 6.45) is 1.66. The van der Waals surface area contributed by atoms with Crippen LogP contribution in [-0.4, -0.2) is 4.57 Å². The Bertz CT molecular complexity index is 2210. The first kappa shape index (κ1) is 28.8. The number of nitriles is 2. The molecule has 3 aromatic carbocycles. The second-order valence-electron chi connectivity index (χ2n) is 11.7. The van der Waals surface area contributed by atoms with Crippen molar-refractivity contribution in [2.45, 2.75) is 26.3 Å². The topological polar surface area (TPSA) is 55.8 Å². The van der Waals surface area contributed by atoms with Crippen LogP contribution in [0, 0.1) is 22.7 Å². The number of hydrogen-bond acceptors (Lipinski definition) is 6. The third-order valence-corrected chi connectivity index (χ3v) is 11.3. The first-order valence-electron chi connectivity index (χ1n) is 14.5. The maximum absolute atomic E-state index is 9.16. The van der Waals surface area contributed by atoms with E-state index in [0.717, 1.165) is 26.8 Å². The van der Waals surface area contributed by atoms with Crippen LogP contribution in [0.25, 0.3) is 46.7 Å². The molecule has 0 bridgehead atoms. The lowest BCUT2D eigenvalue weighted by molar-refractivity contribution is 0.423. The molecule has 7 heteroatoms. The van der Waals surface area contributed by atoms with Gasteiger partial charge in [-0.05, 0) is 93.1 Å². The van der Waals surface area contributed by atoms with Crippen LogP contribution >= 0.6 is 34.0 Å². The summed E-state index contributed by atoms with van der Waals surface area (Å²) in [5.41, 5.74) is 7.08. The van der Waals surface area contributed by atoms with Gasteiger partial charge in [-0.25, -0.2) is 0 Å². The van der Waals surface area contributed by atoms with Crippen molar-refractivity contribution in [2.75, 3.05) is 4.90 Å². The van der Waals surface area contributed by atoms with E-state index in [1.165, 1.54) is 35.8 Å². The van der Waals surface area contributed by atoms with Crippen LogP contribution < -0.4 is 4.90 Å².